The summed E-state index contributed by atoms with van der Waals surface area (Å²) >= 11 is 0. The zero-order valence-electron chi connectivity index (χ0n) is 16.1. The summed E-state index contributed by atoms with van der Waals surface area (Å²) < 4.78 is 26.6. The fourth-order valence-corrected chi connectivity index (χ4v) is 5.10. The number of hydrogen-bond donors (Lipinski definition) is 1. The first-order valence-electron chi connectivity index (χ1n) is 9.45. The van der Waals surface area contributed by atoms with E-state index in [4.69, 9.17) is 0 Å². The molecule has 0 unspecified atom stereocenters. The van der Waals surface area contributed by atoms with Crippen LogP contribution in [0.3, 0.4) is 0 Å². The van der Waals surface area contributed by atoms with E-state index in [1.807, 2.05) is 25.8 Å². The van der Waals surface area contributed by atoms with Crippen molar-refractivity contribution in [2.45, 2.75) is 44.4 Å². The standard InChI is InChI=1S/C19H31N3O3S/c1-4-22(5-2)26(24,25)18-12-8-11-17(13-18)20-19(23)15-21(3)14-16-9-6-7-10-16/h8,11-13,16H,4-7,9-10,14-15H2,1-3H3,(H,20,23). The lowest BCUT2D eigenvalue weighted by Crippen LogP contribution is -2.33. The fraction of sp³-hybridized carbons (Fsp3) is 0.632. The molecule has 0 aromatic heterocycles. The number of anilines is 1. The highest BCUT2D eigenvalue weighted by Gasteiger charge is 2.22. The molecule has 0 radical (unpaired) electrons. The number of nitrogens with zero attached hydrogens (tertiary/aromatic N) is 2. The Kier molecular flexibility index (Phi) is 7.61. The summed E-state index contributed by atoms with van der Waals surface area (Å²) in [5, 5.41) is 2.82. The van der Waals surface area contributed by atoms with Gasteiger partial charge < -0.3 is 5.32 Å². The molecule has 146 valence electrons. The lowest BCUT2D eigenvalue weighted by Gasteiger charge is -2.21. The molecule has 1 N–H and O–H groups in total. The maximum absolute atomic E-state index is 12.6. The first kappa shape index (κ1) is 20.9. The minimum atomic E-state index is -3.53. The smallest absolute Gasteiger partial charge is 0.243 e. The van der Waals surface area contributed by atoms with Crippen LogP contribution in [-0.2, 0) is 14.8 Å². The number of carbonyl (C=O) groups is 1. The Bertz CT molecular complexity index is 696. The van der Waals surface area contributed by atoms with Crippen molar-refractivity contribution in [1.82, 2.24) is 9.21 Å². The topological polar surface area (TPSA) is 69.7 Å². The molecule has 1 aliphatic carbocycles. The van der Waals surface area contributed by atoms with E-state index in [0.717, 1.165) is 6.54 Å². The van der Waals surface area contributed by atoms with Gasteiger partial charge in [-0.1, -0.05) is 32.8 Å². The monoisotopic (exact) mass is 381 g/mol. The molecule has 26 heavy (non-hydrogen) atoms. The minimum absolute atomic E-state index is 0.122. The van der Waals surface area contributed by atoms with Crippen LogP contribution in [0.5, 0.6) is 0 Å². The van der Waals surface area contributed by atoms with Crippen LogP contribution in [0.1, 0.15) is 39.5 Å². The van der Waals surface area contributed by atoms with Crippen LogP contribution in [0.4, 0.5) is 5.69 Å². The SMILES string of the molecule is CCN(CC)S(=O)(=O)c1cccc(NC(=O)CN(C)CC2CCCC2)c1. The highest BCUT2D eigenvalue weighted by molar-refractivity contribution is 7.89. The fourth-order valence-electron chi connectivity index (χ4n) is 3.59. The first-order valence-corrected chi connectivity index (χ1v) is 10.9. The van der Waals surface area contributed by atoms with E-state index in [9.17, 15) is 13.2 Å². The van der Waals surface area contributed by atoms with Crippen molar-refractivity contribution in [2.75, 3.05) is 38.5 Å². The Balaban J connectivity index is 1.98. The average molecular weight is 382 g/mol. The van der Waals surface area contributed by atoms with Gasteiger partial charge in [-0.15, -0.1) is 0 Å². The van der Waals surface area contributed by atoms with Gasteiger partial charge in [-0.2, -0.15) is 4.31 Å². The summed E-state index contributed by atoms with van der Waals surface area (Å²) in [6, 6.07) is 6.47. The molecule has 1 saturated carbocycles. The molecule has 1 aromatic rings. The van der Waals surface area contributed by atoms with Crippen LogP contribution in [0.2, 0.25) is 0 Å². The quantitative estimate of drug-likeness (QED) is 0.714. The summed E-state index contributed by atoms with van der Waals surface area (Å²) in [4.78, 5) is 14.5. The molecular formula is C19H31N3O3S. The second-order valence-corrected chi connectivity index (χ2v) is 8.95. The van der Waals surface area contributed by atoms with Crippen molar-refractivity contribution < 1.29 is 13.2 Å². The molecule has 7 heteroatoms. The van der Waals surface area contributed by atoms with Gasteiger partial charge in [0.25, 0.3) is 0 Å². The molecule has 0 spiro atoms. The lowest BCUT2D eigenvalue weighted by atomic mass is 10.1. The zero-order chi connectivity index (χ0) is 19.2. The molecule has 0 aliphatic heterocycles. The van der Waals surface area contributed by atoms with Crippen LogP contribution < -0.4 is 5.32 Å². The molecule has 6 nitrogen and oxygen atoms in total. The summed E-state index contributed by atoms with van der Waals surface area (Å²) in [6.07, 6.45) is 5.07. The number of hydrogen-bond acceptors (Lipinski definition) is 4. The Morgan fingerprint density at radius 1 is 1.19 bits per heavy atom. The average Bonchev–Trinajstić information content (AvgIpc) is 3.08. The van der Waals surface area contributed by atoms with E-state index in [-0.39, 0.29) is 10.8 Å². The van der Waals surface area contributed by atoms with Crippen LogP contribution in [0, 0.1) is 5.92 Å². The van der Waals surface area contributed by atoms with E-state index in [1.165, 1.54) is 36.1 Å². The molecular weight excluding hydrogens is 350 g/mol. The van der Waals surface area contributed by atoms with E-state index >= 15 is 0 Å². The van der Waals surface area contributed by atoms with Crippen LogP contribution in [0.15, 0.2) is 29.2 Å². The van der Waals surface area contributed by atoms with Gasteiger partial charge in [0.1, 0.15) is 0 Å². The van der Waals surface area contributed by atoms with Gasteiger partial charge in [0.05, 0.1) is 11.4 Å². The Morgan fingerprint density at radius 3 is 2.46 bits per heavy atom. The third kappa shape index (κ3) is 5.53. The number of sulfonamides is 1. The van der Waals surface area contributed by atoms with Gasteiger partial charge in [-0.25, -0.2) is 8.42 Å². The van der Waals surface area contributed by atoms with E-state index in [2.05, 4.69) is 5.32 Å². The minimum Gasteiger partial charge on any atom is -0.325 e. The van der Waals surface area contributed by atoms with Crippen LogP contribution >= 0.6 is 0 Å². The number of benzene rings is 1. The number of carbonyl (C=O) groups excluding carboxylic acids is 1. The van der Waals surface area contributed by atoms with Gasteiger partial charge in [0.2, 0.25) is 15.9 Å². The number of amides is 1. The van der Waals surface area contributed by atoms with E-state index in [1.54, 1.807) is 18.2 Å². The van der Waals surface area contributed by atoms with Crippen LogP contribution in [-0.4, -0.2) is 56.8 Å². The highest BCUT2D eigenvalue weighted by atomic mass is 32.2. The van der Waals surface area contributed by atoms with Crippen LogP contribution in [0.25, 0.3) is 0 Å². The maximum Gasteiger partial charge on any atom is 0.243 e. The summed E-state index contributed by atoms with van der Waals surface area (Å²) in [5.41, 5.74) is 0.512. The largest absolute Gasteiger partial charge is 0.325 e. The summed E-state index contributed by atoms with van der Waals surface area (Å²) in [6.45, 7) is 5.70. The Morgan fingerprint density at radius 2 is 1.85 bits per heavy atom. The third-order valence-corrected chi connectivity index (χ3v) is 6.97. The van der Waals surface area contributed by atoms with Crippen molar-refractivity contribution in [3.05, 3.63) is 24.3 Å². The molecule has 0 atom stereocenters. The van der Waals surface area contributed by atoms with Gasteiger partial charge in [-0.3, -0.25) is 9.69 Å². The van der Waals surface area contributed by atoms with Crippen molar-refractivity contribution >= 4 is 21.6 Å². The lowest BCUT2D eigenvalue weighted by molar-refractivity contribution is -0.117. The molecule has 0 heterocycles. The molecule has 1 fully saturated rings. The second kappa shape index (κ2) is 9.48. The highest BCUT2D eigenvalue weighted by Crippen LogP contribution is 2.25. The molecule has 1 aromatic carbocycles. The van der Waals surface area contributed by atoms with Crippen molar-refractivity contribution in [3.63, 3.8) is 0 Å². The van der Waals surface area contributed by atoms with Crippen molar-refractivity contribution in [1.29, 1.82) is 0 Å². The van der Waals surface area contributed by atoms with Gasteiger partial charge in [-0.05, 0) is 44.0 Å². The number of nitrogens with one attached hydrogen (secondary N) is 1. The Hall–Kier alpha value is -1.44. The normalized spacial score (nSPS) is 15.7. The van der Waals surface area contributed by atoms with Crippen molar-refractivity contribution in [3.8, 4) is 0 Å². The van der Waals surface area contributed by atoms with E-state index < -0.39 is 10.0 Å². The maximum atomic E-state index is 12.6. The second-order valence-electron chi connectivity index (χ2n) is 7.01. The third-order valence-electron chi connectivity index (χ3n) is 4.92. The molecule has 0 saturated heterocycles. The summed E-state index contributed by atoms with van der Waals surface area (Å²) in [5.74, 6) is 0.568. The van der Waals surface area contributed by atoms with Gasteiger partial charge in [0.15, 0.2) is 0 Å². The van der Waals surface area contributed by atoms with Crippen molar-refractivity contribution in [2.24, 2.45) is 5.92 Å². The van der Waals surface area contributed by atoms with E-state index in [0.29, 0.717) is 31.2 Å². The molecule has 0 bridgehead atoms. The number of rotatable bonds is 9. The molecule has 1 amide bonds. The molecule has 2 rings (SSSR count). The Labute approximate surface area is 157 Å². The predicted molar refractivity (Wildman–Crippen MR) is 105 cm³/mol. The first-order chi connectivity index (χ1) is 12.4. The molecule has 1 aliphatic rings. The number of likely N-dealkylation sites (N-methyl/N-ethyl adjacent to an activating group) is 1. The summed E-state index contributed by atoms with van der Waals surface area (Å²) in [7, 11) is -1.57. The predicted octanol–water partition coefficient (Wildman–Crippen LogP) is 2.78. The zero-order valence-corrected chi connectivity index (χ0v) is 16.9. The van der Waals surface area contributed by atoms with Gasteiger partial charge >= 0.3 is 0 Å². The van der Waals surface area contributed by atoms with Gasteiger partial charge in [0, 0.05) is 25.3 Å².